The number of aromatic nitrogens is 2. The Morgan fingerprint density at radius 3 is 1.71 bits per heavy atom. The largest absolute Gasteiger partial charge is 2.00 e. The molecule has 0 bridgehead atoms. The number of pyridine rings is 2. The van der Waals surface area contributed by atoms with Crippen LogP contribution in [0.1, 0.15) is 80.8 Å². The summed E-state index contributed by atoms with van der Waals surface area (Å²) in [5.41, 5.74) is 9.72. The molecule has 0 N–H and O–H groups in total. The maximum absolute atomic E-state index is 4.81. The summed E-state index contributed by atoms with van der Waals surface area (Å²) < 4.78 is 0. The third kappa shape index (κ3) is 5.73. The topological polar surface area (TPSA) is 32.3 Å². The molecule has 0 spiro atoms. The fraction of sp³-hybridized carbons (Fsp3) is 0.389. The van der Waals surface area contributed by atoms with Crippen molar-refractivity contribution < 1.29 is 21.1 Å². The Balaban J connectivity index is 0.00000337. The zero-order valence-electron chi connectivity index (χ0n) is 25.1. The van der Waals surface area contributed by atoms with E-state index in [4.69, 9.17) is 9.97 Å². The summed E-state index contributed by atoms with van der Waals surface area (Å²) in [6, 6.07) is 25.5. The van der Waals surface area contributed by atoms with Crippen LogP contribution < -0.4 is 9.80 Å². The van der Waals surface area contributed by atoms with Crippen LogP contribution in [0, 0.1) is 19.1 Å². The molecule has 2 aromatic heterocycles. The van der Waals surface area contributed by atoms with Gasteiger partial charge < -0.3 is 9.80 Å². The van der Waals surface area contributed by atoms with Gasteiger partial charge in [0, 0.05) is 25.5 Å². The number of hydrogen-bond acceptors (Lipinski definition) is 4. The molecule has 0 radical (unpaired) electrons. The molecule has 5 heteroatoms. The summed E-state index contributed by atoms with van der Waals surface area (Å²) >= 11 is 0. The zero-order valence-corrected chi connectivity index (χ0v) is 27.4. The van der Waals surface area contributed by atoms with E-state index in [0.717, 1.165) is 56.1 Å². The van der Waals surface area contributed by atoms with E-state index in [1.54, 1.807) is 0 Å². The van der Waals surface area contributed by atoms with Crippen LogP contribution in [-0.2, 0) is 44.7 Å². The van der Waals surface area contributed by atoms with Gasteiger partial charge in [0.1, 0.15) is 11.6 Å². The first kappa shape index (κ1) is 29.5. The van der Waals surface area contributed by atoms with E-state index in [0.29, 0.717) is 0 Å². The Morgan fingerprint density at radius 1 is 0.683 bits per heavy atom. The predicted molar refractivity (Wildman–Crippen MR) is 165 cm³/mol. The minimum absolute atomic E-state index is 0. The van der Waals surface area contributed by atoms with Crippen LogP contribution >= 0.6 is 0 Å². The Hall–Kier alpha value is -2.97. The average molecular weight is 724 g/mol. The number of fused-ring (bicyclic) bond motifs is 2. The summed E-state index contributed by atoms with van der Waals surface area (Å²) in [7, 11) is 0. The van der Waals surface area contributed by atoms with Crippen molar-refractivity contribution in [2.75, 3.05) is 22.9 Å². The number of hydrogen-bond donors (Lipinski definition) is 0. The van der Waals surface area contributed by atoms with Gasteiger partial charge >= 0.3 is 21.1 Å². The second-order valence-corrected chi connectivity index (χ2v) is 13.0. The molecule has 0 atom stereocenters. The molecule has 0 aliphatic carbocycles. The number of benzene rings is 2. The van der Waals surface area contributed by atoms with E-state index in [1.807, 2.05) is 12.4 Å². The minimum Gasteiger partial charge on any atom is -0.350 e. The van der Waals surface area contributed by atoms with Crippen molar-refractivity contribution in [3.63, 3.8) is 0 Å². The molecule has 0 saturated carbocycles. The first-order valence-electron chi connectivity index (χ1n) is 14.7. The third-order valence-corrected chi connectivity index (χ3v) is 8.62. The van der Waals surface area contributed by atoms with Crippen LogP contribution in [0.3, 0.4) is 0 Å². The Bertz CT molecular complexity index is 1550. The van der Waals surface area contributed by atoms with Gasteiger partial charge in [0.25, 0.3) is 0 Å². The van der Waals surface area contributed by atoms with Crippen LogP contribution in [0.4, 0.5) is 23.0 Å². The molecule has 4 heterocycles. The summed E-state index contributed by atoms with van der Waals surface area (Å²) in [6.45, 7) is 15.4. The first-order chi connectivity index (χ1) is 19.1. The molecule has 0 saturated heterocycles. The number of nitrogens with zero attached hydrogens (tertiary/aromatic N) is 4. The number of aryl methyl sites for hydroxylation is 3. The Morgan fingerprint density at radius 2 is 1.20 bits per heavy atom. The van der Waals surface area contributed by atoms with Gasteiger partial charge in [0.15, 0.2) is 0 Å². The van der Waals surface area contributed by atoms with Crippen molar-refractivity contribution in [3.8, 4) is 0 Å². The van der Waals surface area contributed by atoms with E-state index in [9.17, 15) is 0 Å². The van der Waals surface area contributed by atoms with Gasteiger partial charge in [-0.1, -0.05) is 58.8 Å². The number of rotatable bonds is 4. The van der Waals surface area contributed by atoms with Crippen molar-refractivity contribution >= 4 is 23.0 Å². The van der Waals surface area contributed by atoms with Crippen LogP contribution in [0.15, 0.2) is 60.9 Å². The maximum atomic E-state index is 4.81. The van der Waals surface area contributed by atoms with Crippen LogP contribution in [0.25, 0.3) is 0 Å². The molecule has 4 nitrogen and oxygen atoms in total. The van der Waals surface area contributed by atoms with Crippen LogP contribution in [-0.4, -0.2) is 23.1 Å². The maximum Gasteiger partial charge on any atom is 2.00 e. The van der Waals surface area contributed by atoms with Crippen molar-refractivity contribution in [1.82, 2.24) is 9.97 Å². The van der Waals surface area contributed by atoms with E-state index in [1.165, 1.54) is 39.1 Å². The van der Waals surface area contributed by atoms with Crippen molar-refractivity contribution in [2.24, 2.45) is 0 Å². The van der Waals surface area contributed by atoms with Gasteiger partial charge in [-0.3, -0.25) is 0 Å². The van der Waals surface area contributed by atoms with E-state index >= 15 is 0 Å². The zero-order chi connectivity index (χ0) is 28.1. The summed E-state index contributed by atoms with van der Waals surface area (Å²) in [5, 5.41) is 0. The summed E-state index contributed by atoms with van der Waals surface area (Å²) in [6.07, 6.45) is 8.26. The average Bonchev–Trinajstić information content (AvgIpc) is 2.95. The normalized spacial score (nSPS) is 15.2. The quantitative estimate of drug-likeness (QED) is 0.199. The molecule has 0 amide bonds. The predicted octanol–water partition coefficient (Wildman–Crippen LogP) is 8.17. The smallest absolute Gasteiger partial charge is 0.350 e. The second-order valence-electron chi connectivity index (χ2n) is 13.0. The van der Waals surface area contributed by atoms with Crippen molar-refractivity contribution in [1.29, 1.82) is 0 Å². The summed E-state index contributed by atoms with van der Waals surface area (Å²) in [5.74, 6) is 2.02. The number of anilines is 4. The Labute approximate surface area is 260 Å². The SMILES string of the molecule is Cc1ccnc(N2CCCc3ccc(C(C)(C)c4[c-]c5c(cc4)CCCN5c4cc(C(C)(C)C)ccn4)[c-]c32)c1.[Pt+2]. The molecule has 41 heavy (non-hydrogen) atoms. The fourth-order valence-electron chi connectivity index (χ4n) is 6.02. The fourth-order valence-corrected chi connectivity index (χ4v) is 6.02. The standard InChI is InChI=1S/C36H40N4.Pt/c1-25-15-17-37-33(21-25)39-19-7-9-26-11-13-29(22-31(26)39)36(5,6)30-14-12-27-10-8-20-40(32(27)23-30)34-24-28(16-18-38-34)35(2,3)4;/h11-18,21,24H,7-10,19-20H2,1-6H3;/q-2;+2. The van der Waals surface area contributed by atoms with Gasteiger partial charge in [-0.05, 0) is 66.0 Å². The third-order valence-electron chi connectivity index (χ3n) is 8.62. The molecule has 2 aliphatic rings. The molecular weight excluding hydrogens is 684 g/mol. The van der Waals surface area contributed by atoms with E-state index in [2.05, 4.69) is 112 Å². The van der Waals surface area contributed by atoms with Gasteiger partial charge in [-0.15, -0.1) is 11.1 Å². The van der Waals surface area contributed by atoms with E-state index < -0.39 is 0 Å². The minimum atomic E-state index is -0.267. The van der Waals surface area contributed by atoms with Gasteiger partial charge in [-0.25, -0.2) is 9.97 Å². The van der Waals surface area contributed by atoms with Gasteiger partial charge in [0.2, 0.25) is 0 Å². The monoisotopic (exact) mass is 723 g/mol. The summed E-state index contributed by atoms with van der Waals surface area (Å²) in [4.78, 5) is 14.2. The molecule has 0 unspecified atom stereocenters. The second kappa shape index (κ2) is 11.4. The molecule has 2 aromatic carbocycles. The molecule has 2 aliphatic heterocycles. The van der Waals surface area contributed by atoms with E-state index in [-0.39, 0.29) is 31.9 Å². The van der Waals surface area contributed by atoms with Gasteiger partial charge in [0.05, 0.1) is 0 Å². The molecule has 4 aromatic rings. The first-order valence-corrected chi connectivity index (χ1v) is 14.7. The van der Waals surface area contributed by atoms with Crippen LogP contribution in [0.2, 0.25) is 0 Å². The van der Waals surface area contributed by atoms with Gasteiger partial charge in [-0.2, -0.15) is 47.5 Å². The molecule has 6 rings (SSSR count). The van der Waals surface area contributed by atoms with Crippen molar-refractivity contribution in [2.45, 2.75) is 78.1 Å². The molecule has 214 valence electrons. The molecular formula is C36H40N4Pt. The molecule has 0 fully saturated rings. The van der Waals surface area contributed by atoms with Crippen molar-refractivity contribution in [3.05, 3.63) is 106 Å². The Kier molecular flexibility index (Phi) is 8.18. The van der Waals surface area contributed by atoms with Crippen LogP contribution in [0.5, 0.6) is 0 Å².